The van der Waals surface area contributed by atoms with Crippen LogP contribution in [-0.4, -0.2) is 37.3 Å². The van der Waals surface area contributed by atoms with E-state index in [-0.39, 0.29) is 12.1 Å². The van der Waals surface area contributed by atoms with Gasteiger partial charge < -0.3 is 14.2 Å². The number of hydrogen-bond donors (Lipinski definition) is 1. The van der Waals surface area contributed by atoms with Crippen molar-refractivity contribution >= 4 is 18.6 Å². The molecule has 0 radical (unpaired) electrons. The van der Waals surface area contributed by atoms with Crippen molar-refractivity contribution < 1.29 is 19.0 Å². The predicted octanol–water partition coefficient (Wildman–Crippen LogP) is 1.39. The zero-order valence-electron chi connectivity index (χ0n) is 9.19. The van der Waals surface area contributed by atoms with E-state index in [4.69, 9.17) is 9.47 Å². The molecule has 1 aliphatic rings. The summed E-state index contributed by atoms with van der Waals surface area (Å²) < 4.78 is 15.9. The van der Waals surface area contributed by atoms with Crippen LogP contribution in [0.25, 0.3) is 0 Å². The van der Waals surface area contributed by atoms with E-state index in [1.54, 1.807) is 0 Å². The summed E-state index contributed by atoms with van der Waals surface area (Å²) in [7, 11) is 1.38. The molecule has 0 N–H and O–H groups in total. The third kappa shape index (κ3) is 3.36. The highest BCUT2D eigenvalue weighted by molar-refractivity contribution is 7.80. The summed E-state index contributed by atoms with van der Waals surface area (Å²) in [5, 5.41) is 0. The van der Waals surface area contributed by atoms with Gasteiger partial charge in [0.15, 0.2) is 5.79 Å². The van der Waals surface area contributed by atoms with Crippen LogP contribution >= 0.6 is 12.6 Å². The van der Waals surface area contributed by atoms with Crippen LogP contribution in [0.15, 0.2) is 0 Å². The van der Waals surface area contributed by atoms with E-state index in [1.807, 2.05) is 6.92 Å². The molecule has 0 aromatic carbocycles. The van der Waals surface area contributed by atoms with Gasteiger partial charge in [-0.1, -0.05) is 6.92 Å². The van der Waals surface area contributed by atoms with Crippen LogP contribution in [0, 0.1) is 0 Å². The molecule has 1 rings (SSSR count). The third-order valence-corrected chi connectivity index (χ3v) is 3.00. The standard InChI is InChI=1S/C10H18O4S/c1-3-10(5-4-9(11)12-2)13-6-8(7-15)14-10/h8,15H,3-7H2,1-2H3. The molecule has 0 aromatic heterocycles. The van der Waals surface area contributed by atoms with Crippen LogP contribution in [0.3, 0.4) is 0 Å². The Balaban J connectivity index is 2.44. The van der Waals surface area contributed by atoms with Gasteiger partial charge >= 0.3 is 5.97 Å². The van der Waals surface area contributed by atoms with E-state index in [0.29, 0.717) is 25.2 Å². The van der Waals surface area contributed by atoms with Crippen molar-refractivity contribution in [2.45, 2.75) is 38.1 Å². The average Bonchev–Trinajstić information content (AvgIpc) is 2.70. The molecule has 5 heteroatoms. The van der Waals surface area contributed by atoms with E-state index < -0.39 is 5.79 Å². The topological polar surface area (TPSA) is 44.8 Å². The zero-order chi connectivity index (χ0) is 11.3. The Kier molecular flexibility index (Phi) is 4.89. The second kappa shape index (κ2) is 5.72. The Labute approximate surface area is 95.7 Å². The lowest BCUT2D eigenvalue weighted by atomic mass is 10.1. The minimum absolute atomic E-state index is 0.0333. The summed E-state index contributed by atoms with van der Waals surface area (Å²) in [5.41, 5.74) is 0. The first-order chi connectivity index (χ1) is 7.15. The highest BCUT2D eigenvalue weighted by Crippen LogP contribution is 2.32. The molecule has 0 aliphatic carbocycles. The van der Waals surface area contributed by atoms with E-state index >= 15 is 0 Å². The van der Waals surface area contributed by atoms with Crippen molar-refractivity contribution in [3.63, 3.8) is 0 Å². The van der Waals surface area contributed by atoms with Crippen molar-refractivity contribution in [2.24, 2.45) is 0 Å². The van der Waals surface area contributed by atoms with Gasteiger partial charge in [-0.2, -0.15) is 12.6 Å². The maximum absolute atomic E-state index is 11.0. The molecule has 0 amide bonds. The molecule has 2 atom stereocenters. The van der Waals surface area contributed by atoms with Crippen molar-refractivity contribution in [1.82, 2.24) is 0 Å². The van der Waals surface area contributed by atoms with Gasteiger partial charge in [0, 0.05) is 12.2 Å². The van der Waals surface area contributed by atoms with Gasteiger partial charge in [0.05, 0.1) is 26.2 Å². The number of carbonyl (C=O) groups is 1. The Hall–Kier alpha value is -0.260. The van der Waals surface area contributed by atoms with Crippen LogP contribution in [0.2, 0.25) is 0 Å². The molecular formula is C10H18O4S. The fraction of sp³-hybridized carbons (Fsp3) is 0.900. The van der Waals surface area contributed by atoms with Gasteiger partial charge in [-0.25, -0.2) is 0 Å². The van der Waals surface area contributed by atoms with Crippen LogP contribution < -0.4 is 0 Å². The maximum Gasteiger partial charge on any atom is 0.305 e. The smallest absolute Gasteiger partial charge is 0.305 e. The number of esters is 1. The van der Waals surface area contributed by atoms with Gasteiger partial charge in [-0.3, -0.25) is 4.79 Å². The summed E-state index contributed by atoms with van der Waals surface area (Å²) >= 11 is 4.16. The number of carbonyl (C=O) groups excluding carboxylic acids is 1. The van der Waals surface area contributed by atoms with Crippen molar-refractivity contribution in [2.75, 3.05) is 19.5 Å². The lowest BCUT2D eigenvalue weighted by molar-refractivity contribution is -0.178. The van der Waals surface area contributed by atoms with E-state index in [9.17, 15) is 4.79 Å². The normalized spacial score (nSPS) is 30.5. The molecule has 4 nitrogen and oxygen atoms in total. The molecule has 0 spiro atoms. The Bertz CT molecular complexity index is 221. The first-order valence-corrected chi connectivity index (χ1v) is 5.78. The number of rotatable bonds is 5. The Morgan fingerprint density at radius 3 is 2.87 bits per heavy atom. The van der Waals surface area contributed by atoms with Crippen molar-refractivity contribution in [3.8, 4) is 0 Å². The number of hydrogen-bond acceptors (Lipinski definition) is 5. The summed E-state index contributed by atoms with van der Waals surface area (Å²) in [5.74, 6) is -0.203. The molecule has 0 aromatic rings. The molecular weight excluding hydrogens is 216 g/mol. The number of thiol groups is 1. The molecule has 15 heavy (non-hydrogen) atoms. The highest BCUT2D eigenvalue weighted by atomic mass is 32.1. The SMILES string of the molecule is CCC1(CCC(=O)OC)OCC(CS)O1. The predicted molar refractivity (Wildman–Crippen MR) is 59.0 cm³/mol. The Morgan fingerprint density at radius 2 is 2.40 bits per heavy atom. The van der Waals surface area contributed by atoms with Gasteiger partial charge in [0.1, 0.15) is 0 Å². The number of ether oxygens (including phenoxy) is 3. The van der Waals surface area contributed by atoms with Crippen LogP contribution in [-0.2, 0) is 19.0 Å². The molecule has 1 fully saturated rings. The lowest BCUT2D eigenvalue weighted by Crippen LogP contribution is -2.31. The minimum atomic E-state index is -0.610. The minimum Gasteiger partial charge on any atom is -0.469 e. The first kappa shape index (κ1) is 12.8. The fourth-order valence-electron chi connectivity index (χ4n) is 1.59. The second-order valence-corrected chi connectivity index (χ2v) is 3.94. The third-order valence-electron chi connectivity index (χ3n) is 2.59. The highest BCUT2D eigenvalue weighted by Gasteiger charge is 2.39. The van der Waals surface area contributed by atoms with E-state index in [1.165, 1.54) is 7.11 Å². The van der Waals surface area contributed by atoms with E-state index in [0.717, 1.165) is 6.42 Å². The summed E-state index contributed by atoms with van der Waals surface area (Å²) in [6.07, 6.45) is 1.63. The van der Waals surface area contributed by atoms with Gasteiger partial charge in [0.2, 0.25) is 0 Å². The van der Waals surface area contributed by atoms with Crippen LogP contribution in [0.1, 0.15) is 26.2 Å². The molecule has 1 aliphatic heterocycles. The molecule has 1 heterocycles. The largest absolute Gasteiger partial charge is 0.469 e. The van der Waals surface area contributed by atoms with E-state index in [2.05, 4.69) is 17.4 Å². The zero-order valence-corrected chi connectivity index (χ0v) is 10.1. The summed E-state index contributed by atoms with van der Waals surface area (Å²) in [6.45, 7) is 2.54. The fourth-order valence-corrected chi connectivity index (χ4v) is 1.77. The van der Waals surface area contributed by atoms with Gasteiger partial charge in [-0.05, 0) is 6.42 Å². The molecule has 1 saturated heterocycles. The molecule has 0 saturated carbocycles. The molecule has 0 bridgehead atoms. The van der Waals surface area contributed by atoms with Crippen LogP contribution in [0.5, 0.6) is 0 Å². The maximum atomic E-state index is 11.0. The second-order valence-electron chi connectivity index (χ2n) is 3.57. The summed E-state index contributed by atoms with van der Waals surface area (Å²) in [4.78, 5) is 11.0. The van der Waals surface area contributed by atoms with Crippen LogP contribution in [0.4, 0.5) is 0 Å². The van der Waals surface area contributed by atoms with Gasteiger partial charge in [-0.15, -0.1) is 0 Å². The quantitative estimate of drug-likeness (QED) is 0.577. The molecule has 2 unspecified atom stereocenters. The molecule has 88 valence electrons. The number of methoxy groups -OCH3 is 1. The lowest BCUT2D eigenvalue weighted by Gasteiger charge is -2.26. The Morgan fingerprint density at radius 1 is 1.67 bits per heavy atom. The summed E-state index contributed by atoms with van der Waals surface area (Å²) in [6, 6.07) is 0. The first-order valence-electron chi connectivity index (χ1n) is 5.15. The van der Waals surface area contributed by atoms with Crippen molar-refractivity contribution in [3.05, 3.63) is 0 Å². The van der Waals surface area contributed by atoms with Crippen molar-refractivity contribution in [1.29, 1.82) is 0 Å². The average molecular weight is 234 g/mol. The van der Waals surface area contributed by atoms with Gasteiger partial charge in [0.25, 0.3) is 0 Å². The monoisotopic (exact) mass is 234 g/mol.